The first kappa shape index (κ1) is 26.5. The molecule has 6 rings (SSSR count). The summed E-state index contributed by atoms with van der Waals surface area (Å²) in [5, 5.41) is 7.09. The SMILES string of the molecule is Cc1ccc2c(c1)NC(=O)OC21CCN(C(=O)c2cc(-c3cccnc3)n(-c3ccc(F)c(C(F)(F)F)c3)n2)CC1. The van der Waals surface area contributed by atoms with E-state index in [1.807, 2.05) is 25.1 Å². The molecule has 1 saturated heterocycles. The van der Waals surface area contributed by atoms with Gasteiger partial charge >= 0.3 is 12.3 Å². The average molecular weight is 566 g/mol. The third-order valence-electron chi connectivity index (χ3n) is 7.43. The molecule has 12 heteroatoms. The minimum Gasteiger partial charge on any atom is -0.438 e. The van der Waals surface area contributed by atoms with Crippen LogP contribution in [-0.2, 0) is 16.5 Å². The standard InChI is InChI=1S/C29H23F4N5O3/c1-17-4-6-20-23(13-17)35-27(40)41-28(20)8-11-37(12-9-28)26(39)24-15-25(18-3-2-10-34-16-18)38(36-24)19-5-7-22(30)21(14-19)29(31,32)33/h2-7,10,13-16H,8-9,11-12H2,1H3,(H,35,40). The number of likely N-dealkylation sites (tertiary alicyclic amines) is 1. The Bertz CT molecular complexity index is 1660. The van der Waals surface area contributed by atoms with Crippen molar-refractivity contribution in [1.82, 2.24) is 19.7 Å². The molecule has 0 saturated carbocycles. The highest BCUT2D eigenvalue weighted by Gasteiger charge is 2.45. The van der Waals surface area contributed by atoms with Crippen LogP contribution in [0.4, 0.5) is 28.0 Å². The highest BCUT2D eigenvalue weighted by atomic mass is 19.4. The minimum absolute atomic E-state index is 0.00369. The first-order chi connectivity index (χ1) is 19.5. The van der Waals surface area contributed by atoms with E-state index in [9.17, 15) is 27.2 Å². The van der Waals surface area contributed by atoms with Gasteiger partial charge in [-0.25, -0.2) is 13.9 Å². The molecule has 0 atom stereocenters. The van der Waals surface area contributed by atoms with Crippen molar-refractivity contribution in [3.63, 3.8) is 0 Å². The highest BCUT2D eigenvalue weighted by Crippen LogP contribution is 2.44. The number of hydrogen-bond acceptors (Lipinski definition) is 5. The number of rotatable bonds is 3. The van der Waals surface area contributed by atoms with Crippen LogP contribution >= 0.6 is 0 Å². The van der Waals surface area contributed by atoms with Gasteiger partial charge in [0, 0.05) is 49.5 Å². The summed E-state index contributed by atoms with van der Waals surface area (Å²) in [6.45, 7) is 2.43. The van der Waals surface area contributed by atoms with Gasteiger partial charge in [-0.1, -0.05) is 12.1 Å². The van der Waals surface area contributed by atoms with Gasteiger partial charge in [-0.05, 0) is 55.0 Å². The molecule has 4 aromatic rings. The molecule has 0 radical (unpaired) electrons. The monoisotopic (exact) mass is 565 g/mol. The van der Waals surface area contributed by atoms with Gasteiger partial charge in [0.25, 0.3) is 5.91 Å². The maximum atomic E-state index is 14.0. The Kier molecular flexibility index (Phi) is 6.28. The molecule has 1 N–H and O–H groups in total. The molecule has 8 nitrogen and oxygen atoms in total. The van der Waals surface area contributed by atoms with Crippen LogP contribution in [0.25, 0.3) is 16.9 Å². The molecule has 1 spiro atoms. The minimum atomic E-state index is -4.92. The molecule has 4 heterocycles. The van der Waals surface area contributed by atoms with Gasteiger partial charge in [-0.3, -0.25) is 15.1 Å². The van der Waals surface area contributed by atoms with Crippen molar-refractivity contribution in [2.75, 3.05) is 18.4 Å². The maximum absolute atomic E-state index is 14.0. The van der Waals surface area contributed by atoms with Crippen molar-refractivity contribution >= 4 is 17.7 Å². The molecule has 2 aromatic carbocycles. The number of pyridine rings is 1. The second-order valence-corrected chi connectivity index (χ2v) is 10.1. The van der Waals surface area contributed by atoms with E-state index in [1.165, 1.54) is 29.2 Å². The molecular weight excluding hydrogens is 542 g/mol. The number of benzene rings is 2. The van der Waals surface area contributed by atoms with Gasteiger partial charge in [0.15, 0.2) is 5.69 Å². The number of carbonyl (C=O) groups is 2. The first-order valence-electron chi connectivity index (χ1n) is 12.8. The molecule has 0 aliphatic carbocycles. The Morgan fingerprint density at radius 2 is 1.85 bits per heavy atom. The largest absolute Gasteiger partial charge is 0.438 e. The molecule has 2 amide bonds. The van der Waals surface area contributed by atoms with E-state index in [0.29, 0.717) is 35.9 Å². The van der Waals surface area contributed by atoms with Gasteiger partial charge in [0.2, 0.25) is 0 Å². The van der Waals surface area contributed by atoms with Crippen LogP contribution < -0.4 is 5.32 Å². The Balaban J connectivity index is 1.32. The van der Waals surface area contributed by atoms with E-state index >= 15 is 0 Å². The second kappa shape index (κ2) is 9.72. The number of ether oxygens (including phenoxy) is 1. The topological polar surface area (TPSA) is 89.4 Å². The van der Waals surface area contributed by atoms with Crippen molar-refractivity contribution < 1.29 is 31.9 Å². The number of piperidine rings is 1. The Labute approximate surface area is 231 Å². The third kappa shape index (κ3) is 4.79. The fourth-order valence-corrected chi connectivity index (χ4v) is 5.40. The number of halogens is 4. The summed E-state index contributed by atoms with van der Waals surface area (Å²) in [7, 11) is 0. The van der Waals surface area contributed by atoms with Crippen LogP contribution in [0.5, 0.6) is 0 Å². The number of fused-ring (bicyclic) bond motifs is 2. The van der Waals surface area contributed by atoms with E-state index in [-0.39, 0.29) is 24.5 Å². The molecule has 0 bridgehead atoms. The number of aromatic nitrogens is 3. The van der Waals surface area contributed by atoms with Crippen LogP contribution in [0.15, 0.2) is 67.0 Å². The van der Waals surface area contributed by atoms with Crippen molar-refractivity contribution in [2.45, 2.75) is 31.5 Å². The predicted molar refractivity (Wildman–Crippen MR) is 140 cm³/mol. The zero-order chi connectivity index (χ0) is 28.9. The summed E-state index contributed by atoms with van der Waals surface area (Å²) in [6.07, 6.45) is -1.74. The number of nitrogens with zero attached hydrogens (tertiary/aromatic N) is 4. The first-order valence-corrected chi connectivity index (χ1v) is 12.8. The molecule has 1 fully saturated rings. The van der Waals surface area contributed by atoms with E-state index < -0.39 is 35.2 Å². The van der Waals surface area contributed by atoms with E-state index in [0.717, 1.165) is 17.2 Å². The molecule has 2 aromatic heterocycles. The quantitative estimate of drug-likeness (QED) is 0.304. The lowest BCUT2D eigenvalue weighted by molar-refractivity contribution is -0.140. The lowest BCUT2D eigenvalue weighted by Crippen LogP contribution is -2.49. The second-order valence-electron chi connectivity index (χ2n) is 10.1. The molecule has 2 aliphatic rings. The average Bonchev–Trinajstić information content (AvgIpc) is 3.38. The fraction of sp³-hybridized carbons (Fsp3) is 0.241. The van der Waals surface area contributed by atoms with Gasteiger partial charge in [-0.2, -0.15) is 18.3 Å². The van der Waals surface area contributed by atoms with Crippen molar-refractivity contribution in [3.8, 4) is 16.9 Å². The summed E-state index contributed by atoms with van der Waals surface area (Å²) in [5.41, 5.74) is 0.923. The number of amides is 2. The van der Waals surface area contributed by atoms with Crippen molar-refractivity contribution in [3.05, 3.63) is 95.2 Å². The third-order valence-corrected chi connectivity index (χ3v) is 7.43. The van der Waals surface area contributed by atoms with E-state index in [2.05, 4.69) is 15.4 Å². The fourth-order valence-electron chi connectivity index (χ4n) is 5.40. The normalized spacial score (nSPS) is 16.2. The van der Waals surface area contributed by atoms with Gasteiger partial charge < -0.3 is 9.64 Å². The molecule has 210 valence electrons. The lowest BCUT2D eigenvalue weighted by atomic mass is 9.82. The summed E-state index contributed by atoms with van der Waals surface area (Å²) in [6, 6.07) is 13.1. The molecular formula is C29H23F4N5O3. The number of nitrogens with one attached hydrogen (secondary N) is 1. The van der Waals surface area contributed by atoms with Crippen molar-refractivity contribution in [1.29, 1.82) is 0 Å². The molecule has 2 aliphatic heterocycles. The van der Waals surface area contributed by atoms with Gasteiger partial charge in [-0.15, -0.1) is 0 Å². The zero-order valence-electron chi connectivity index (χ0n) is 21.7. The highest BCUT2D eigenvalue weighted by molar-refractivity contribution is 5.94. The van der Waals surface area contributed by atoms with Gasteiger partial charge in [0.05, 0.1) is 22.6 Å². The summed E-state index contributed by atoms with van der Waals surface area (Å²) in [4.78, 5) is 31.6. The Hall–Kier alpha value is -4.74. The summed E-state index contributed by atoms with van der Waals surface area (Å²) in [5.74, 6) is -1.85. The van der Waals surface area contributed by atoms with Crippen LogP contribution in [0.2, 0.25) is 0 Å². The zero-order valence-corrected chi connectivity index (χ0v) is 21.7. The molecule has 0 unspecified atom stereocenters. The smallest absolute Gasteiger partial charge is 0.419 e. The molecule has 41 heavy (non-hydrogen) atoms. The van der Waals surface area contributed by atoms with E-state index in [4.69, 9.17) is 4.74 Å². The van der Waals surface area contributed by atoms with Crippen LogP contribution in [0.3, 0.4) is 0 Å². The van der Waals surface area contributed by atoms with Gasteiger partial charge in [0.1, 0.15) is 11.4 Å². The maximum Gasteiger partial charge on any atom is 0.419 e. The summed E-state index contributed by atoms with van der Waals surface area (Å²) < 4.78 is 61.3. The number of anilines is 1. The number of hydrogen-bond donors (Lipinski definition) is 1. The van der Waals surface area contributed by atoms with Crippen LogP contribution in [-0.4, -0.2) is 44.8 Å². The Morgan fingerprint density at radius 3 is 2.56 bits per heavy atom. The van der Waals surface area contributed by atoms with Crippen molar-refractivity contribution in [2.24, 2.45) is 0 Å². The number of alkyl halides is 3. The predicted octanol–water partition coefficient (Wildman–Crippen LogP) is 6.09. The van der Waals surface area contributed by atoms with E-state index in [1.54, 1.807) is 17.0 Å². The summed E-state index contributed by atoms with van der Waals surface area (Å²) >= 11 is 0. The number of carbonyl (C=O) groups excluding carboxylic acids is 2. The Morgan fingerprint density at radius 1 is 1.07 bits per heavy atom. The number of aryl methyl sites for hydroxylation is 1. The van der Waals surface area contributed by atoms with Crippen LogP contribution in [0, 0.1) is 12.7 Å². The lowest BCUT2D eigenvalue weighted by Gasteiger charge is -2.44. The van der Waals surface area contributed by atoms with Crippen LogP contribution in [0.1, 0.15) is 40.0 Å².